The molecule has 0 saturated heterocycles. The third kappa shape index (κ3) is 9.40. The number of ether oxygens (including phenoxy) is 3. The first-order valence-electron chi connectivity index (χ1n) is 7.94. The number of carboxylic acids is 1. The second kappa shape index (κ2) is 10.4. The lowest BCUT2D eigenvalue weighted by Crippen LogP contribution is -2.45. The molecule has 7 nitrogen and oxygen atoms in total. The van der Waals surface area contributed by atoms with Gasteiger partial charge in [0.1, 0.15) is 5.60 Å². The Kier molecular flexibility index (Phi) is 9.83. The zero-order valence-corrected chi connectivity index (χ0v) is 14.9. The Balaban J connectivity index is 4.43. The summed E-state index contributed by atoms with van der Waals surface area (Å²) >= 11 is 0. The van der Waals surface area contributed by atoms with Crippen LogP contribution in [-0.2, 0) is 19.0 Å². The second-order valence-electron chi connectivity index (χ2n) is 6.50. The molecule has 0 aliphatic rings. The highest BCUT2D eigenvalue weighted by molar-refractivity contribution is 5.76. The lowest BCUT2D eigenvalue weighted by Gasteiger charge is -2.29. The van der Waals surface area contributed by atoms with Gasteiger partial charge in [0, 0.05) is 33.5 Å². The number of hydrogen-bond acceptors (Lipinski definition) is 5. The number of methoxy groups -OCH3 is 1. The van der Waals surface area contributed by atoms with Crippen LogP contribution in [0.5, 0.6) is 0 Å². The van der Waals surface area contributed by atoms with Gasteiger partial charge in [-0.15, -0.1) is 0 Å². The van der Waals surface area contributed by atoms with Gasteiger partial charge in [-0.3, -0.25) is 4.79 Å². The number of nitrogens with one attached hydrogen (secondary N) is 1. The maximum absolute atomic E-state index is 11.7. The first kappa shape index (κ1) is 21.7. The molecule has 0 saturated carbocycles. The number of amides is 1. The summed E-state index contributed by atoms with van der Waals surface area (Å²) in [7, 11) is 1.62. The average molecular weight is 333 g/mol. The fraction of sp³-hybridized carbons (Fsp3) is 0.875. The van der Waals surface area contributed by atoms with Crippen molar-refractivity contribution < 1.29 is 28.9 Å². The summed E-state index contributed by atoms with van der Waals surface area (Å²) in [4.78, 5) is 23.4. The number of rotatable bonds is 11. The van der Waals surface area contributed by atoms with E-state index in [0.717, 1.165) is 6.42 Å². The highest BCUT2D eigenvalue weighted by atomic mass is 16.6. The van der Waals surface area contributed by atoms with Crippen molar-refractivity contribution in [2.75, 3.05) is 33.5 Å². The molecule has 2 N–H and O–H groups in total. The minimum Gasteiger partial charge on any atom is -0.481 e. The molecule has 1 unspecified atom stereocenters. The van der Waals surface area contributed by atoms with Crippen molar-refractivity contribution in [3.05, 3.63) is 0 Å². The Morgan fingerprint density at radius 1 is 1.13 bits per heavy atom. The van der Waals surface area contributed by atoms with Gasteiger partial charge in [0.25, 0.3) is 0 Å². The molecule has 7 heteroatoms. The smallest absolute Gasteiger partial charge is 0.407 e. The predicted octanol–water partition coefficient (Wildman–Crippen LogP) is 2.44. The first-order valence-corrected chi connectivity index (χ1v) is 7.94. The van der Waals surface area contributed by atoms with Gasteiger partial charge < -0.3 is 24.6 Å². The third-order valence-electron chi connectivity index (χ3n) is 3.46. The van der Waals surface area contributed by atoms with Crippen LogP contribution in [-0.4, -0.2) is 56.2 Å². The van der Waals surface area contributed by atoms with Gasteiger partial charge in [0.05, 0.1) is 5.41 Å². The number of carboxylic acid groups (broad SMARTS) is 1. The predicted molar refractivity (Wildman–Crippen MR) is 86.5 cm³/mol. The standard InChI is InChI=1S/C16H31NO6/c1-6-16(13(18)19,8-11-22-10-7-9-21-5)12-17-14(20)23-15(2,3)4/h6-12H2,1-5H3,(H,17,20)(H,18,19). The van der Waals surface area contributed by atoms with Crippen LogP contribution in [0.15, 0.2) is 0 Å². The van der Waals surface area contributed by atoms with E-state index in [1.54, 1.807) is 34.8 Å². The van der Waals surface area contributed by atoms with Crippen LogP contribution < -0.4 is 5.32 Å². The lowest BCUT2D eigenvalue weighted by molar-refractivity contribution is -0.150. The summed E-state index contributed by atoms with van der Waals surface area (Å²) < 4.78 is 15.5. The average Bonchev–Trinajstić information content (AvgIpc) is 2.44. The van der Waals surface area contributed by atoms with Crippen LogP contribution in [0.2, 0.25) is 0 Å². The van der Waals surface area contributed by atoms with Gasteiger partial charge >= 0.3 is 12.1 Å². The lowest BCUT2D eigenvalue weighted by atomic mass is 9.82. The molecule has 0 aromatic rings. The van der Waals surface area contributed by atoms with Crippen LogP contribution in [0.1, 0.15) is 47.0 Å². The molecule has 23 heavy (non-hydrogen) atoms. The number of carbonyl (C=O) groups excluding carboxylic acids is 1. The summed E-state index contributed by atoms with van der Waals surface area (Å²) in [5.74, 6) is -0.948. The van der Waals surface area contributed by atoms with Gasteiger partial charge in [-0.25, -0.2) is 4.79 Å². The van der Waals surface area contributed by atoms with E-state index in [9.17, 15) is 14.7 Å². The molecule has 0 fully saturated rings. The molecule has 1 amide bonds. The minimum atomic E-state index is -1.06. The van der Waals surface area contributed by atoms with Crippen LogP contribution >= 0.6 is 0 Å². The summed E-state index contributed by atoms with van der Waals surface area (Å²) in [6, 6.07) is 0. The van der Waals surface area contributed by atoms with E-state index < -0.39 is 23.1 Å². The van der Waals surface area contributed by atoms with Crippen LogP contribution in [0, 0.1) is 5.41 Å². The molecule has 0 aromatic heterocycles. The summed E-state index contributed by atoms with van der Waals surface area (Å²) in [5.41, 5.74) is -1.68. The summed E-state index contributed by atoms with van der Waals surface area (Å²) in [5, 5.41) is 12.1. The van der Waals surface area contributed by atoms with Crippen LogP contribution in [0.3, 0.4) is 0 Å². The first-order chi connectivity index (χ1) is 10.7. The highest BCUT2D eigenvalue weighted by Gasteiger charge is 2.37. The molecular formula is C16H31NO6. The molecule has 1 atom stereocenters. The molecule has 0 rings (SSSR count). The Hall–Kier alpha value is -1.34. The number of alkyl carbamates (subject to hydrolysis) is 1. The fourth-order valence-electron chi connectivity index (χ4n) is 1.95. The van der Waals surface area contributed by atoms with Crippen molar-refractivity contribution in [3.8, 4) is 0 Å². The Bertz CT molecular complexity index is 366. The monoisotopic (exact) mass is 333 g/mol. The number of aliphatic carboxylic acids is 1. The van der Waals surface area contributed by atoms with E-state index in [0.29, 0.717) is 32.7 Å². The van der Waals surface area contributed by atoms with E-state index in [1.807, 2.05) is 0 Å². The third-order valence-corrected chi connectivity index (χ3v) is 3.46. The van der Waals surface area contributed by atoms with Gasteiger partial charge in [0.15, 0.2) is 0 Å². The maximum Gasteiger partial charge on any atom is 0.407 e. The topological polar surface area (TPSA) is 94.1 Å². The zero-order valence-electron chi connectivity index (χ0n) is 14.9. The maximum atomic E-state index is 11.7. The van der Waals surface area contributed by atoms with E-state index in [1.165, 1.54) is 0 Å². The van der Waals surface area contributed by atoms with Crippen LogP contribution in [0.25, 0.3) is 0 Å². The fourth-order valence-corrected chi connectivity index (χ4v) is 1.95. The Morgan fingerprint density at radius 3 is 2.26 bits per heavy atom. The number of carbonyl (C=O) groups is 2. The van der Waals surface area contributed by atoms with Crippen molar-refractivity contribution in [2.45, 2.75) is 52.6 Å². The van der Waals surface area contributed by atoms with E-state index in [-0.39, 0.29) is 6.54 Å². The molecular weight excluding hydrogens is 302 g/mol. The second-order valence-corrected chi connectivity index (χ2v) is 6.50. The number of hydrogen-bond donors (Lipinski definition) is 2. The summed E-state index contributed by atoms with van der Waals surface area (Å²) in [6.07, 6.45) is 0.859. The van der Waals surface area contributed by atoms with Gasteiger partial charge in [-0.2, -0.15) is 0 Å². The van der Waals surface area contributed by atoms with Crippen molar-refractivity contribution in [1.29, 1.82) is 0 Å². The Labute approximate surface area is 138 Å². The van der Waals surface area contributed by atoms with Crippen LogP contribution in [0.4, 0.5) is 4.79 Å². The van der Waals surface area contributed by atoms with E-state index >= 15 is 0 Å². The molecule has 0 radical (unpaired) electrons. The van der Waals surface area contributed by atoms with Gasteiger partial charge in [-0.1, -0.05) is 6.92 Å². The molecule has 0 aliphatic heterocycles. The minimum absolute atomic E-state index is 0.00910. The van der Waals surface area contributed by atoms with Crippen molar-refractivity contribution in [3.63, 3.8) is 0 Å². The zero-order chi connectivity index (χ0) is 17.9. The SMILES string of the molecule is CCC(CCOCCCOC)(CNC(=O)OC(C)(C)C)C(=O)O. The van der Waals surface area contributed by atoms with Crippen molar-refractivity contribution in [2.24, 2.45) is 5.41 Å². The molecule has 136 valence electrons. The summed E-state index contributed by atoms with van der Waals surface area (Å²) in [6.45, 7) is 8.51. The Morgan fingerprint density at radius 2 is 1.78 bits per heavy atom. The quantitative estimate of drug-likeness (QED) is 0.564. The molecule has 0 aliphatic carbocycles. The normalized spacial score (nSPS) is 14.1. The highest BCUT2D eigenvalue weighted by Crippen LogP contribution is 2.26. The van der Waals surface area contributed by atoms with Gasteiger partial charge in [0.2, 0.25) is 0 Å². The van der Waals surface area contributed by atoms with E-state index in [2.05, 4.69) is 5.32 Å². The molecule has 0 bridgehead atoms. The van der Waals surface area contributed by atoms with Gasteiger partial charge in [-0.05, 0) is 40.0 Å². The van der Waals surface area contributed by atoms with E-state index in [4.69, 9.17) is 14.2 Å². The van der Waals surface area contributed by atoms with Crippen molar-refractivity contribution >= 4 is 12.1 Å². The van der Waals surface area contributed by atoms with Crippen molar-refractivity contribution in [1.82, 2.24) is 5.32 Å². The molecule has 0 aromatic carbocycles. The largest absolute Gasteiger partial charge is 0.481 e. The molecule has 0 spiro atoms. The molecule has 0 heterocycles.